The van der Waals surface area contributed by atoms with Gasteiger partial charge in [-0.2, -0.15) is 0 Å². The van der Waals surface area contributed by atoms with Crippen molar-refractivity contribution in [3.8, 4) is 5.75 Å². The Hall–Kier alpha value is -1.79. The van der Waals surface area contributed by atoms with Gasteiger partial charge in [-0.25, -0.2) is 0 Å². The molecule has 0 aliphatic rings. The van der Waals surface area contributed by atoms with E-state index in [1.54, 1.807) is 0 Å². The van der Waals surface area contributed by atoms with E-state index in [1.165, 1.54) is 14.7 Å². The van der Waals surface area contributed by atoms with Crippen molar-refractivity contribution in [2.45, 2.75) is 32.0 Å². The fourth-order valence-corrected chi connectivity index (χ4v) is 4.59. The number of benzene rings is 3. The molecule has 3 aromatic rings. The van der Waals surface area contributed by atoms with Gasteiger partial charge in [-0.05, 0) is 62.4 Å². The zero-order valence-corrected chi connectivity index (χ0v) is 17.7. The molecule has 2 nitrogen and oxygen atoms in total. The number of carbonyl (C=O) groups is 1. The average Bonchev–Trinajstić information content (AvgIpc) is 2.64. The number of rotatable bonds is 5. The van der Waals surface area contributed by atoms with Crippen LogP contribution in [-0.4, -0.2) is 9.39 Å². The normalized spacial score (nSPS) is 11.4. The molecule has 0 aliphatic heterocycles. The molecule has 3 aromatic carbocycles. The van der Waals surface area contributed by atoms with E-state index in [2.05, 4.69) is 71.1 Å². The topological polar surface area (TPSA) is 26.3 Å². The van der Waals surface area contributed by atoms with Gasteiger partial charge in [-0.3, -0.25) is 4.79 Å². The molecule has 132 valence electrons. The van der Waals surface area contributed by atoms with E-state index < -0.39 is 3.42 Å². The number of hydrogen-bond donors (Lipinski definition) is 0. The van der Waals surface area contributed by atoms with Crippen LogP contribution in [0.1, 0.15) is 13.8 Å². The van der Waals surface area contributed by atoms with Crippen LogP contribution < -0.4 is 4.74 Å². The van der Waals surface area contributed by atoms with Crippen LogP contribution in [0.2, 0.25) is 0 Å². The van der Waals surface area contributed by atoms with Crippen LogP contribution in [0.5, 0.6) is 5.75 Å². The molecule has 3 rings (SSSR count). The summed E-state index contributed by atoms with van der Waals surface area (Å²) in [5.41, 5.74) is 0. The first kappa shape index (κ1) is 19.0. The molecule has 0 radical (unpaired) electrons. The highest BCUT2D eigenvalue weighted by Gasteiger charge is 2.29. The lowest BCUT2D eigenvalue weighted by Crippen LogP contribution is -2.28. The number of carbonyl (C=O) groups excluding carboxylic acids is 1. The number of esters is 1. The van der Waals surface area contributed by atoms with Crippen LogP contribution in [0, 0.1) is 0 Å². The Bertz CT molecular complexity index is 817. The standard InChI is InChI=1S/C22H20IO2S/c1-22(2,23)21(24)25-17-13-15-20(16-14-17)26(18-9-5-3-6-10-18)19-11-7-4-8-12-19/h3-16H,1-2H3/q+1. The van der Waals surface area contributed by atoms with Crippen molar-refractivity contribution in [2.75, 3.05) is 0 Å². The fraction of sp³-hybridized carbons (Fsp3) is 0.136. The fourth-order valence-electron chi connectivity index (χ4n) is 2.39. The minimum Gasteiger partial charge on any atom is -0.426 e. The summed E-state index contributed by atoms with van der Waals surface area (Å²) in [5, 5.41) is 0. The molecular formula is C22H20IO2S+. The summed E-state index contributed by atoms with van der Waals surface area (Å²) < 4.78 is 4.93. The molecule has 0 aromatic heterocycles. The van der Waals surface area contributed by atoms with Crippen molar-refractivity contribution in [3.05, 3.63) is 84.9 Å². The molecule has 0 N–H and O–H groups in total. The summed E-state index contributed by atoms with van der Waals surface area (Å²) >= 11 is 2.09. The predicted octanol–water partition coefficient (Wildman–Crippen LogP) is 5.90. The lowest BCUT2D eigenvalue weighted by molar-refractivity contribution is -0.135. The Kier molecular flexibility index (Phi) is 6.04. The third-order valence-corrected chi connectivity index (χ3v) is 6.38. The first-order valence-corrected chi connectivity index (χ1v) is 10.6. The summed E-state index contributed by atoms with van der Waals surface area (Å²) in [6.45, 7) is 3.68. The van der Waals surface area contributed by atoms with Crippen LogP contribution in [0.4, 0.5) is 0 Å². The second kappa shape index (κ2) is 8.27. The Morgan fingerprint density at radius 1 is 0.769 bits per heavy atom. The number of hydrogen-bond acceptors (Lipinski definition) is 2. The maximum Gasteiger partial charge on any atom is 0.326 e. The van der Waals surface area contributed by atoms with Crippen LogP contribution >= 0.6 is 22.6 Å². The van der Waals surface area contributed by atoms with Gasteiger partial charge in [-0.1, -0.05) is 59.0 Å². The maximum atomic E-state index is 12.1. The number of ether oxygens (including phenoxy) is 1. The highest BCUT2D eigenvalue weighted by atomic mass is 127. The predicted molar refractivity (Wildman–Crippen MR) is 115 cm³/mol. The third kappa shape index (κ3) is 4.68. The van der Waals surface area contributed by atoms with Crippen molar-refractivity contribution in [1.82, 2.24) is 0 Å². The van der Waals surface area contributed by atoms with E-state index in [9.17, 15) is 4.79 Å². The summed E-state index contributed by atoms with van der Waals surface area (Å²) in [6.07, 6.45) is 0. The van der Waals surface area contributed by atoms with Crippen LogP contribution in [0.3, 0.4) is 0 Å². The molecule has 26 heavy (non-hydrogen) atoms. The quantitative estimate of drug-likeness (QED) is 0.151. The summed E-state index contributed by atoms with van der Waals surface area (Å²) in [4.78, 5) is 15.8. The van der Waals surface area contributed by atoms with Crippen LogP contribution in [-0.2, 0) is 15.7 Å². The van der Waals surface area contributed by atoms with Crippen molar-refractivity contribution in [2.24, 2.45) is 0 Å². The monoisotopic (exact) mass is 475 g/mol. The van der Waals surface area contributed by atoms with Gasteiger partial charge in [0.1, 0.15) is 9.17 Å². The van der Waals surface area contributed by atoms with Gasteiger partial charge in [0.25, 0.3) is 0 Å². The average molecular weight is 475 g/mol. The lowest BCUT2D eigenvalue weighted by Gasteiger charge is -2.14. The van der Waals surface area contributed by atoms with Gasteiger partial charge in [0.15, 0.2) is 14.7 Å². The van der Waals surface area contributed by atoms with Crippen molar-refractivity contribution < 1.29 is 9.53 Å². The summed E-state index contributed by atoms with van der Waals surface area (Å²) in [6, 6.07) is 28.8. The second-order valence-corrected chi connectivity index (χ2v) is 11.0. The Morgan fingerprint density at radius 2 is 1.19 bits per heavy atom. The molecule has 0 spiro atoms. The SMILES string of the molecule is CC(C)(I)C(=O)Oc1ccc([S+](c2ccccc2)c2ccccc2)cc1. The highest BCUT2D eigenvalue weighted by molar-refractivity contribution is 14.1. The molecule has 0 fully saturated rings. The first-order valence-electron chi connectivity index (χ1n) is 8.31. The smallest absolute Gasteiger partial charge is 0.326 e. The van der Waals surface area contributed by atoms with Crippen molar-refractivity contribution in [1.29, 1.82) is 0 Å². The third-order valence-electron chi connectivity index (χ3n) is 3.71. The van der Waals surface area contributed by atoms with Gasteiger partial charge in [-0.15, -0.1) is 0 Å². The molecule has 0 heterocycles. The van der Waals surface area contributed by atoms with Gasteiger partial charge in [0, 0.05) is 0 Å². The maximum absolute atomic E-state index is 12.1. The van der Waals surface area contributed by atoms with E-state index in [0.717, 1.165) is 0 Å². The molecule has 0 bridgehead atoms. The summed E-state index contributed by atoms with van der Waals surface area (Å²) in [7, 11) is -0.195. The minimum absolute atomic E-state index is 0.195. The first-order chi connectivity index (χ1) is 12.4. The van der Waals surface area contributed by atoms with Gasteiger partial charge in [0.2, 0.25) is 0 Å². The number of alkyl halides is 1. The summed E-state index contributed by atoms with van der Waals surface area (Å²) in [5.74, 6) is 0.337. The van der Waals surface area contributed by atoms with E-state index in [1.807, 2.05) is 50.2 Å². The van der Waals surface area contributed by atoms with Crippen LogP contribution in [0.25, 0.3) is 0 Å². The molecular weight excluding hydrogens is 455 g/mol. The largest absolute Gasteiger partial charge is 0.426 e. The van der Waals surface area contributed by atoms with E-state index >= 15 is 0 Å². The zero-order chi connectivity index (χ0) is 18.6. The highest BCUT2D eigenvalue weighted by Crippen LogP contribution is 2.32. The van der Waals surface area contributed by atoms with Gasteiger partial charge in [0.05, 0.1) is 10.9 Å². The van der Waals surface area contributed by atoms with Crippen molar-refractivity contribution >= 4 is 39.5 Å². The van der Waals surface area contributed by atoms with E-state index in [-0.39, 0.29) is 16.9 Å². The second-order valence-electron chi connectivity index (χ2n) is 6.27. The van der Waals surface area contributed by atoms with Crippen molar-refractivity contribution in [3.63, 3.8) is 0 Å². The Morgan fingerprint density at radius 3 is 1.62 bits per heavy atom. The number of halogens is 1. The minimum atomic E-state index is -0.547. The van der Waals surface area contributed by atoms with Gasteiger partial charge < -0.3 is 4.74 Å². The molecule has 0 unspecified atom stereocenters. The Labute approximate surface area is 171 Å². The zero-order valence-electron chi connectivity index (χ0n) is 14.7. The molecule has 4 heteroatoms. The van der Waals surface area contributed by atoms with Crippen LogP contribution in [0.15, 0.2) is 99.6 Å². The molecule has 0 aliphatic carbocycles. The molecule has 0 atom stereocenters. The lowest BCUT2D eigenvalue weighted by atomic mass is 10.2. The van der Waals surface area contributed by atoms with E-state index in [4.69, 9.17) is 4.74 Å². The molecule has 0 amide bonds. The van der Waals surface area contributed by atoms with E-state index in [0.29, 0.717) is 5.75 Å². The van der Waals surface area contributed by atoms with Gasteiger partial charge >= 0.3 is 5.97 Å². The Balaban J connectivity index is 1.92. The molecule has 0 saturated heterocycles. The molecule has 0 saturated carbocycles.